The van der Waals surface area contributed by atoms with Crippen LogP contribution in [0, 0.1) is 0 Å². The maximum Gasteiger partial charge on any atom is 0.138 e. The first-order valence-electron chi connectivity index (χ1n) is 4.41. The lowest BCUT2D eigenvalue weighted by atomic mass is 10.2. The van der Waals surface area contributed by atoms with E-state index in [2.05, 4.69) is 0 Å². The minimum atomic E-state index is -0.00510. The molecule has 0 radical (unpaired) electrons. The molecule has 0 heterocycles. The second kappa shape index (κ2) is 5.68. The normalized spacial score (nSPS) is 10.8. The second-order valence-electron chi connectivity index (χ2n) is 2.80. The van der Waals surface area contributed by atoms with Gasteiger partial charge in [0.25, 0.3) is 0 Å². The zero-order valence-corrected chi connectivity index (χ0v) is 8.79. The molecule has 0 bridgehead atoms. The number of allylic oxidation sites excluding steroid dienone is 1. The molecule has 0 atom stereocenters. The Morgan fingerprint density at radius 1 is 1.50 bits per heavy atom. The van der Waals surface area contributed by atoms with E-state index in [9.17, 15) is 0 Å². The fourth-order valence-electron chi connectivity index (χ4n) is 0.994. The number of halogens is 1. The third-order valence-electron chi connectivity index (χ3n) is 1.75. The molecule has 2 nitrogen and oxygen atoms in total. The maximum atomic E-state index is 8.86. The third kappa shape index (κ3) is 3.05. The predicted octanol–water partition coefficient (Wildman–Crippen LogP) is 2.79. The lowest BCUT2D eigenvalue weighted by Gasteiger charge is -2.06. The van der Waals surface area contributed by atoms with Crippen LogP contribution >= 0.6 is 11.6 Å². The summed E-state index contributed by atoms with van der Waals surface area (Å²) in [5.74, 6) is 0.641. The summed E-state index contributed by atoms with van der Waals surface area (Å²) in [6, 6.07) is 5.25. The van der Waals surface area contributed by atoms with Crippen molar-refractivity contribution in [2.75, 3.05) is 6.61 Å². The van der Waals surface area contributed by atoms with Gasteiger partial charge in [0, 0.05) is 0 Å². The number of aliphatic hydroxyl groups excluding tert-OH is 1. The van der Waals surface area contributed by atoms with Gasteiger partial charge in [0.15, 0.2) is 0 Å². The Bertz CT molecular complexity index is 321. The summed E-state index contributed by atoms with van der Waals surface area (Å²) in [4.78, 5) is 0. The fraction of sp³-hybridized carbons (Fsp3) is 0.273. The molecule has 0 amide bonds. The van der Waals surface area contributed by atoms with Gasteiger partial charge in [0.1, 0.15) is 12.4 Å². The molecule has 0 saturated carbocycles. The van der Waals surface area contributed by atoms with E-state index in [0.29, 0.717) is 17.4 Å². The quantitative estimate of drug-likeness (QED) is 0.778. The Labute approximate surface area is 88.8 Å². The van der Waals surface area contributed by atoms with Crippen LogP contribution in [0.25, 0.3) is 0 Å². The summed E-state index contributed by atoms with van der Waals surface area (Å²) < 4.78 is 5.38. The Morgan fingerprint density at radius 2 is 2.29 bits per heavy atom. The topological polar surface area (TPSA) is 29.5 Å². The van der Waals surface area contributed by atoms with Gasteiger partial charge in [-0.3, -0.25) is 0 Å². The van der Waals surface area contributed by atoms with Crippen LogP contribution in [0.3, 0.4) is 0 Å². The van der Waals surface area contributed by atoms with E-state index in [0.717, 1.165) is 5.56 Å². The van der Waals surface area contributed by atoms with Crippen molar-refractivity contribution in [1.29, 1.82) is 0 Å². The minimum absolute atomic E-state index is 0.00510. The first-order valence-corrected chi connectivity index (χ1v) is 4.79. The van der Waals surface area contributed by atoms with Gasteiger partial charge in [-0.15, -0.1) is 0 Å². The van der Waals surface area contributed by atoms with Crippen molar-refractivity contribution in [1.82, 2.24) is 0 Å². The van der Waals surface area contributed by atoms with E-state index in [1.165, 1.54) is 0 Å². The number of benzene rings is 1. The highest BCUT2D eigenvalue weighted by Gasteiger charge is 2.01. The van der Waals surface area contributed by atoms with Crippen molar-refractivity contribution >= 4 is 11.6 Å². The smallest absolute Gasteiger partial charge is 0.138 e. The molecule has 3 heteroatoms. The second-order valence-corrected chi connectivity index (χ2v) is 3.21. The summed E-state index contributed by atoms with van der Waals surface area (Å²) >= 11 is 5.93. The van der Waals surface area contributed by atoms with Crippen LogP contribution in [0.5, 0.6) is 5.75 Å². The summed E-state index contributed by atoms with van der Waals surface area (Å²) in [6.45, 7) is 2.43. The molecule has 0 fully saturated rings. The van der Waals surface area contributed by atoms with Crippen molar-refractivity contribution in [3.8, 4) is 5.75 Å². The van der Waals surface area contributed by atoms with E-state index in [4.69, 9.17) is 21.4 Å². The first-order chi connectivity index (χ1) is 6.77. The van der Waals surface area contributed by atoms with Gasteiger partial charge in [0.2, 0.25) is 0 Å². The average Bonchev–Trinajstić information content (AvgIpc) is 2.20. The van der Waals surface area contributed by atoms with E-state index in [1.54, 1.807) is 18.2 Å². The van der Waals surface area contributed by atoms with Crippen molar-refractivity contribution in [3.05, 3.63) is 40.9 Å². The summed E-state index contributed by atoms with van der Waals surface area (Å²) in [7, 11) is 0. The Hall–Kier alpha value is -0.990. The monoisotopic (exact) mass is 212 g/mol. The molecule has 0 aliphatic carbocycles. The number of rotatable bonds is 4. The van der Waals surface area contributed by atoms with Crippen molar-refractivity contribution in [2.45, 2.75) is 13.5 Å². The molecular weight excluding hydrogens is 200 g/mol. The predicted molar refractivity (Wildman–Crippen MR) is 57.7 cm³/mol. The Kier molecular flexibility index (Phi) is 4.50. The van der Waals surface area contributed by atoms with Gasteiger partial charge in [-0.2, -0.15) is 0 Å². The van der Waals surface area contributed by atoms with Crippen LogP contribution < -0.4 is 4.74 Å². The van der Waals surface area contributed by atoms with Crippen LogP contribution in [-0.2, 0) is 6.61 Å². The first kappa shape index (κ1) is 11.1. The highest BCUT2D eigenvalue weighted by molar-refractivity contribution is 6.32. The molecule has 0 saturated heterocycles. The SMILES string of the molecule is CC=CCOc1ccc(CO)cc1Cl. The zero-order chi connectivity index (χ0) is 10.4. The largest absolute Gasteiger partial charge is 0.488 e. The summed E-state index contributed by atoms with van der Waals surface area (Å²) in [5.41, 5.74) is 0.786. The summed E-state index contributed by atoms with van der Waals surface area (Å²) in [5, 5.41) is 9.39. The standard InChI is InChI=1S/C11H13ClO2/c1-2-3-6-14-11-5-4-9(8-13)7-10(11)12/h2-5,7,13H,6,8H2,1H3. The van der Waals surface area contributed by atoms with Crippen LogP contribution in [-0.4, -0.2) is 11.7 Å². The lowest BCUT2D eigenvalue weighted by molar-refractivity contribution is 0.281. The van der Waals surface area contributed by atoms with E-state index >= 15 is 0 Å². The van der Waals surface area contributed by atoms with Crippen LogP contribution in [0.2, 0.25) is 5.02 Å². The highest BCUT2D eigenvalue weighted by Crippen LogP contribution is 2.25. The van der Waals surface area contributed by atoms with Gasteiger partial charge in [-0.05, 0) is 24.6 Å². The van der Waals surface area contributed by atoms with Gasteiger partial charge in [-0.1, -0.05) is 29.8 Å². The van der Waals surface area contributed by atoms with Crippen LogP contribution in [0.15, 0.2) is 30.4 Å². The Balaban J connectivity index is 2.68. The van der Waals surface area contributed by atoms with Gasteiger partial charge < -0.3 is 9.84 Å². The lowest BCUT2D eigenvalue weighted by Crippen LogP contribution is -1.94. The number of aliphatic hydroxyl groups is 1. The third-order valence-corrected chi connectivity index (χ3v) is 2.04. The molecule has 0 spiro atoms. The molecule has 1 rings (SSSR count). The number of ether oxygens (including phenoxy) is 1. The van der Waals surface area contributed by atoms with Crippen LogP contribution in [0.1, 0.15) is 12.5 Å². The van der Waals surface area contributed by atoms with Crippen LogP contribution in [0.4, 0.5) is 0 Å². The molecule has 0 unspecified atom stereocenters. The average molecular weight is 213 g/mol. The fourth-order valence-corrected chi connectivity index (χ4v) is 1.25. The maximum absolute atomic E-state index is 8.86. The van der Waals surface area contributed by atoms with Crippen molar-refractivity contribution in [2.24, 2.45) is 0 Å². The van der Waals surface area contributed by atoms with Gasteiger partial charge >= 0.3 is 0 Å². The molecule has 1 N–H and O–H groups in total. The van der Waals surface area contributed by atoms with Gasteiger partial charge in [-0.25, -0.2) is 0 Å². The molecule has 76 valence electrons. The summed E-state index contributed by atoms with van der Waals surface area (Å²) in [6.07, 6.45) is 3.81. The molecule has 1 aromatic carbocycles. The van der Waals surface area contributed by atoms with E-state index in [1.807, 2.05) is 19.1 Å². The van der Waals surface area contributed by atoms with E-state index < -0.39 is 0 Å². The molecule has 0 aliphatic rings. The number of hydrogen-bond donors (Lipinski definition) is 1. The molecule has 0 aromatic heterocycles. The minimum Gasteiger partial charge on any atom is -0.488 e. The van der Waals surface area contributed by atoms with Crippen molar-refractivity contribution < 1.29 is 9.84 Å². The van der Waals surface area contributed by atoms with E-state index in [-0.39, 0.29) is 6.61 Å². The highest BCUT2D eigenvalue weighted by atomic mass is 35.5. The van der Waals surface area contributed by atoms with Gasteiger partial charge in [0.05, 0.1) is 11.6 Å². The zero-order valence-electron chi connectivity index (χ0n) is 8.03. The molecular formula is C11H13ClO2. The molecule has 1 aromatic rings. The Morgan fingerprint density at radius 3 is 2.86 bits per heavy atom. The molecule has 0 aliphatic heterocycles. The van der Waals surface area contributed by atoms with Crippen molar-refractivity contribution in [3.63, 3.8) is 0 Å². The molecule has 14 heavy (non-hydrogen) atoms. The number of hydrogen-bond acceptors (Lipinski definition) is 2.